The Balaban J connectivity index is 2.07. The van der Waals surface area contributed by atoms with Crippen LogP contribution in [0, 0.1) is 0 Å². The van der Waals surface area contributed by atoms with Gasteiger partial charge in [0, 0.05) is 13.6 Å². The molecule has 2 rings (SSSR count). The third-order valence-corrected chi connectivity index (χ3v) is 2.19. The van der Waals surface area contributed by atoms with Crippen LogP contribution in [0.5, 0.6) is 0 Å². The smallest absolute Gasteiger partial charge is 0.278 e. The van der Waals surface area contributed by atoms with Crippen molar-refractivity contribution in [1.29, 1.82) is 0 Å². The molecule has 2 aromatic rings. The fourth-order valence-corrected chi connectivity index (χ4v) is 1.30. The highest BCUT2D eigenvalue weighted by molar-refractivity contribution is 6.01. The summed E-state index contributed by atoms with van der Waals surface area (Å²) >= 11 is 0. The van der Waals surface area contributed by atoms with Crippen LogP contribution in [0.1, 0.15) is 17.4 Å². The molecule has 2 aromatic heterocycles. The predicted molar refractivity (Wildman–Crippen MR) is 65.2 cm³/mol. The van der Waals surface area contributed by atoms with Gasteiger partial charge in [0.1, 0.15) is 12.1 Å². The highest BCUT2D eigenvalue weighted by Gasteiger charge is 2.11. The Morgan fingerprint density at radius 3 is 2.78 bits per heavy atom. The van der Waals surface area contributed by atoms with Crippen molar-refractivity contribution in [3.63, 3.8) is 0 Å². The summed E-state index contributed by atoms with van der Waals surface area (Å²) in [7, 11) is 1.68. The van der Waals surface area contributed by atoms with Gasteiger partial charge in [0.05, 0.1) is 0 Å². The van der Waals surface area contributed by atoms with E-state index in [9.17, 15) is 4.79 Å². The van der Waals surface area contributed by atoms with E-state index in [2.05, 4.69) is 30.9 Å². The molecule has 18 heavy (non-hydrogen) atoms. The Hall–Kier alpha value is -2.51. The number of carbonyl (C=O) groups is 1. The average Bonchev–Trinajstić information content (AvgIpc) is 2.76. The lowest BCUT2D eigenvalue weighted by Gasteiger charge is -2.04. The number of anilines is 2. The van der Waals surface area contributed by atoms with Crippen LogP contribution in [0.15, 0.2) is 18.5 Å². The lowest BCUT2D eigenvalue weighted by atomic mass is 10.3. The van der Waals surface area contributed by atoms with E-state index in [0.717, 1.165) is 6.54 Å². The molecule has 2 N–H and O–H groups in total. The molecule has 0 spiro atoms. The van der Waals surface area contributed by atoms with E-state index in [-0.39, 0.29) is 11.6 Å². The Morgan fingerprint density at radius 2 is 2.22 bits per heavy atom. The SMILES string of the molecule is CCNc1ccc(C(=O)Nc2ncnn2C)nn1. The summed E-state index contributed by atoms with van der Waals surface area (Å²) in [6.07, 6.45) is 1.36. The van der Waals surface area contributed by atoms with E-state index in [1.54, 1.807) is 19.2 Å². The molecule has 0 radical (unpaired) electrons. The summed E-state index contributed by atoms with van der Waals surface area (Å²) < 4.78 is 1.46. The molecule has 0 aromatic carbocycles. The van der Waals surface area contributed by atoms with Crippen LogP contribution in [0.25, 0.3) is 0 Å². The van der Waals surface area contributed by atoms with Crippen LogP contribution >= 0.6 is 0 Å². The number of hydrogen-bond donors (Lipinski definition) is 2. The van der Waals surface area contributed by atoms with E-state index in [1.165, 1.54) is 11.0 Å². The molecule has 0 bridgehead atoms. The van der Waals surface area contributed by atoms with E-state index in [4.69, 9.17) is 0 Å². The Bertz CT molecular complexity index is 533. The number of hydrogen-bond acceptors (Lipinski definition) is 6. The average molecular weight is 247 g/mol. The van der Waals surface area contributed by atoms with Crippen molar-refractivity contribution in [2.75, 3.05) is 17.2 Å². The van der Waals surface area contributed by atoms with Crippen molar-refractivity contribution in [2.45, 2.75) is 6.92 Å². The number of carbonyl (C=O) groups excluding carboxylic acids is 1. The standard InChI is InChI=1S/C10H13N7O/c1-3-11-8-5-4-7(15-16-8)9(18)14-10-12-6-13-17(10)2/h4-6H,3H2,1-2H3,(H,11,16)(H,12,13,14,18). The molecule has 0 aliphatic heterocycles. The molecule has 0 aliphatic carbocycles. The highest BCUT2D eigenvalue weighted by atomic mass is 16.2. The van der Waals surface area contributed by atoms with Gasteiger partial charge < -0.3 is 5.32 Å². The number of aromatic nitrogens is 5. The molecule has 0 atom stereocenters. The van der Waals surface area contributed by atoms with Gasteiger partial charge in [-0.2, -0.15) is 10.1 Å². The second-order valence-corrected chi connectivity index (χ2v) is 3.50. The fraction of sp³-hybridized carbons (Fsp3) is 0.300. The molecule has 0 unspecified atom stereocenters. The highest BCUT2D eigenvalue weighted by Crippen LogP contribution is 2.04. The third-order valence-electron chi connectivity index (χ3n) is 2.19. The Morgan fingerprint density at radius 1 is 1.39 bits per heavy atom. The van der Waals surface area contributed by atoms with E-state index >= 15 is 0 Å². The maximum absolute atomic E-state index is 11.8. The Kier molecular flexibility index (Phi) is 3.46. The largest absolute Gasteiger partial charge is 0.369 e. The molecule has 8 heteroatoms. The van der Waals surface area contributed by atoms with Crippen LogP contribution in [0.3, 0.4) is 0 Å². The maximum Gasteiger partial charge on any atom is 0.278 e. The zero-order chi connectivity index (χ0) is 13.0. The minimum absolute atomic E-state index is 0.222. The van der Waals surface area contributed by atoms with E-state index in [0.29, 0.717) is 11.8 Å². The zero-order valence-electron chi connectivity index (χ0n) is 10.1. The Labute approximate surface area is 103 Å². The summed E-state index contributed by atoms with van der Waals surface area (Å²) in [5.74, 6) is 0.618. The van der Waals surface area contributed by atoms with Crippen LogP contribution in [-0.2, 0) is 7.05 Å². The van der Waals surface area contributed by atoms with E-state index < -0.39 is 0 Å². The number of rotatable bonds is 4. The van der Waals surface area contributed by atoms with Gasteiger partial charge in [0.25, 0.3) is 5.91 Å². The monoisotopic (exact) mass is 247 g/mol. The number of amides is 1. The minimum Gasteiger partial charge on any atom is -0.369 e. The molecule has 0 aliphatic rings. The summed E-state index contributed by atoms with van der Waals surface area (Å²) in [4.78, 5) is 15.7. The summed E-state index contributed by atoms with van der Waals surface area (Å²) in [6.45, 7) is 2.70. The maximum atomic E-state index is 11.8. The molecule has 0 saturated heterocycles. The van der Waals surface area contributed by atoms with Gasteiger partial charge in [-0.1, -0.05) is 0 Å². The van der Waals surface area contributed by atoms with E-state index in [1.807, 2.05) is 6.92 Å². The third kappa shape index (κ3) is 2.59. The molecule has 2 heterocycles. The van der Waals surface area contributed by atoms with Gasteiger partial charge in [0.2, 0.25) is 5.95 Å². The summed E-state index contributed by atoms with van der Waals surface area (Å²) in [5, 5.41) is 17.1. The molecule has 8 nitrogen and oxygen atoms in total. The van der Waals surface area contributed by atoms with Crippen molar-refractivity contribution < 1.29 is 4.79 Å². The van der Waals surface area contributed by atoms with Crippen molar-refractivity contribution in [3.8, 4) is 0 Å². The van der Waals surface area contributed by atoms with Gasteiger partial charge in [-0.3, -0.25) is 10.1 Å². The minimum atomic E-state index is -0.373. The number of aryl methyl sites for hydroxylation is 1. The molecular weight excluding hydrogens is 234 g/mol. The first kappa shape index (κ1) is 12.0. The lowest BCUT2D eigenvalue weighted by Crippen LogP contribution is -2.17. The van der Waals surface area contributed by atoms with Crippen molar-refractivity contribution >= 4 is 17.7 Å². The molecule has 94 valence electrons. The lowest BCUT2D eigenvalue weighted by molar-refractivity contribution is 0.102. The van der Waals surface area contributed by atoms with Crippen molar-refractivity contribution in [3.05, 3.63) is 24.2 Å². The van der Waals surface area contributed by atoms with Gasteiger partial charge in [-0.15, -0.1) is 10.2 Å². The quantitative estimate of drug-likeness (QED) is 0.805. The van der Waals surface area contributed by atoms with Crippen LogP contribution in [-0.4, -0.2) is 37.4 Å². The first-order chi connectivity index (χ1) is 8.70. The summed E-state index contributed by atoms with van der Waals surface area (Å²) in [5.41, 5.74) is 0.222. The summed E-state index contributed by atoms with van der Waals surface area (Å²) in [6, 6.07) is 3.29. The molecule has 0 saturated carbocycles. The van der Waals surface area contributed by atoms with Gasteiger partial charge in [-0.25, -0.2) is 4.68 Å². The molecule has 0 fully saturated rings. The second-order valence-electron chi connectivity index (χ2n) is 3.50. The predicted octanol–water partition coefficient (Wildman–Crippen LogP) is 0.289. The first-order valence-corrected chi connectivity index (χ1v) is 5.43. The number of nitrogens with one attached hydrogen (secondary N) is 2. The van der Waals surface area contributed by atoms with Gasteiger partial charge in [-0.05, 0) is 19.1 Å². The topological polar surface area (TPSA) is 97.6 Å². The first-order valence-electron chi connectivity index (χ1n) is 5.43. The van der Waals surface area contributed by atoms with Crippen LogP contribution < -0.4 is 10.6 Å². The zero-order valence-corrected chi connectivity index (χ0v) is 10.1. The van der Waals surface area contributed by atoms with Gasteiger partial charge >= 0.3 is 0 Å². The fourth-order valence-electron chi connectivity index (χ4n) is 1.30. The van der Waals surface area contributed by atoms with Crippen molar-refractivity contribution in [2.24, 2.45) is 7.05 Å². The number of nitrogens with zero attached hydrogens (tertiary/aromatic N) is 5. The van der Waals surface area contributed by atoms with Crippen molar-refractivity contribution in [1.82, 2.24) is 25.0 Å². The molecule has 1 amide bonds. The van der Waals surface area contributed by atoms with Crippen LogP contribution in [0.4, 0.5) is 11.8 Å². The van der Waals surface area contributed by atoms with Crippen LogP contribution in [0.2, 0.25) is 0 Å². The van der Waals surface area contributed by atoms with Gasteiger partial charge in [0.15, 0.2) is 5.69 Å². The molecular formula is C10H13N7O. The second kappa shape index (κ2) is 5.21. The normalized spacial score (nSPS) is 10.1.